The van der Waals surface area contributed by atoms with Crippen molar-refractivity contribution in [3.8, 4) is 11.5 Å². The minimum absolute atomic E-state index is 0.00618. The molecule has 0 aromatic heterocycles. The summed E-state index contributed by atoms with van der Waals surface area (Å²) in [5.41, 5.74) is 2.50. The molecule has 3 aromatic carbocycles. The summed E-state index contributed by atoms with van der Waals surface area (Å²) in [5, 5.41) is 26.5. The van der Waals surface area contributed by atoms with E-state index in [0.717, 1.165) is 10.8 Å². The number of carbonyl (C=O) groups excluding carboxylic acids is 1. The summed E-state index contributed by atoms with van der Waals surface area (Å²) in [6, 6.07) is 16.5. The average Bonchev–Trinajstić information content (AvgIpc) is 2.68. The summed E-state index contributed by atoms with van der Waals surface area (Å²) in [6.07, 6.45) is 1.33. The topological polar surface area (TPSA) is 114 Å². The predicted octanol–water partition coefficient (Wildman–Crippen LogP) is 2.98. The number of phenols is 1. The Balaban J connectivity index is 1.65. The number of hydrazone groups is 1. The lowest BCUT2D eigenvalue weighted by Gasteiger charge is -2.06. The Morgan fingerprint density at radius 2 is 1.89 bits per heavy atom. The Morgan fingerprint density at radius 3 is 2.70 bits per heavy atom. The molecule has 8 heteroatoms. The van der Waals surface area contributed by atoms with E-state index in [1.165, 1.54) is 24.4 Å². The van der Waals surface area contributed by atoms with Crippen LogP contribution in [0, 0.1) is 10.1 Å². The average molecular weight is 365 g/mol. The second kappa shape index (κ2) is 7.96. The number of hydrogen-bond donors (Lipinski definition) is 2. The number of aromatic hydroxyl groups is 1. The van der Waals surface area contributed by atoms with Crippen molar-refractivity contribution in [1.82, 2.24) is 5.43 Å². The molecule has 0 fully saturated rings. The summed E-state index contributed by atoms with van der Waals surface area (Å²) in [4.78, 5) is 22.2. The number of amides is 1. The number of fused-ring (bicyclic) bond motifs is 1. The SMILES string of the molecule is O=C(COc1ccccc1[N+](=O)[O-])N/N=C\c1c(O)ccc2ccccc12. The second-order valence-electron chi connectivity index (χ2n) is 5.53. The van der Waals surface area contributed by atoms with Crippen LogP contribution in [0.15, 0.2) is 65.8 Å². The van der Waals surface area contributed by atoms with Crippen LogP contribution in [0.2, 0.25) is 0 Å². The van der Waals surface area contributed by atoms with Crippen molar-refractivity contribution in [2.24, 2.45) is 5.10 Å². The standard InChI is InChI=1S/C19H15N3O5/c23-17-10-9-13-5-1-2-6-14(13)15(17)11-20-21-19(24)12-27-18-8-4-3-7-16(18)22(25)26/h1-11,23H,12H2,(H,21,24)/b20-11-. The zero-order chi connectivity index (χ0) is 19.2. The lowest BCUT2D eigenvalue weighted by Crippen LogP contribution is -2.24. The molecule has 3 rings (SSSR count). The predicted molar refractivity (Wildman–Crippen MR) is 99.9 cm³/mol. The van der Waals surface area contributed by atoms with Crippen molar-refractivity contribution in [3.63, 3.8) is 0 Å². The zero-order valence-electron chi connectivity index (χ0n) is 14.0. The molecule has 27 heavy (non-hydrogen) atoms. The van der Waals surface area contributed by atoms with Gasteiger partial charge in [-0.05, 0) is 22.9 Å². The Bertz CT molecular complexity index is 1030. The molecule has 0 unspecified atom stereocenters. The van der Waals surface area contributed by atoms with Gasteiger partial charge >= 0.3 is 5.69 Å². The maximum atomic E-state index is 11.9. The molecule has 0 saturated heterocycles. The van der Waals surface area contributed by atoms with Crippen LogP contribution < -0.4 is 10.2 Å². The maximum absolute atomic E-state index is 11.9. The summed E-state index contributed by atoms with van der Waals surface area (Å²) in [5.74, 6) is -0.569. The van der Waals surface area contributed by atoms with Crippen LogP contribution in [-0.2, 0) is 4.79 Å². The molecule has 136 valence electrons. The zero-order valence-corrected chi connectivity index (χ0v) is 14.0. The second-order valence-corrected chi connectivity index (χ2v) is 5.53. The molecule has 0 radical (unpaired) electrons. The van der Waals surface area contributed by atoms with Gasteiger partial charge in [0.05, 0.1) is 11.1 Å². The fourth-order valence-electron chi connectivity index (χ4n) is 2.49. The molecule has 0 spiro atoms. The lowest BCUT2D eigenvalue weighted by molar-refractivity contribution is -0.385. The van der Waals surface area contributed by atoms with Crippen LogP contribution >= 0.6 is 0 Å². The molecule has 2 N–H and O–H groups in total. The van der Waals surface area contributed by atoms with Crippen molar-refractivity contribution in [3.05, 3.63) is 76.3 Å². The van der Waals surface area contributed by atoms with Crippen LogP contribution in [0.25, 0.3) is 10.8 Å². The molecule has 0 aliphatic rings. The summed E-state index contributed by atoms with van der Waals surface area (Å²) in [7, 11) is 0. The van der Waals surface area contributed by atoms with Crippen molar-refractivity contribution in [1.29, 1.82) is 0 Å². The molecule has 1 amide bonds. The van der Waals surface area contributed by atoms with E-state index in [4.69, 9.17) is 4.74 Å². The summed E-state index contributed by atoms with van der Waals surface area (Å²) in [6.45, 7) is -0.441. The lowest BCUT2D eigenvalue weighted by atomic mass is 10.0. The number of nitro groups is 1. The van der Waals surface area contributed by atoms with Gasteiger partial charge in [-0.3, -0.25) is 14.9 Å². The normalized spacial score (nSPS) is 10.8. The van der Waals surface area contributed by atoms with Gasteiger partial charge in [0.25, 0.3) is 5.91 Å². The van der Waals surface area contributed by atoms with Gasteiger partial charge in [0.15, 0.2) is 12.4 Å². The molecule has 0 bridgehead atoms. The van der Waals surface area contributed by atoms with Crippen LogP contribution in [0.3, 0.4) is 0 Å². The highest BCUT2D eigenvalue weighted by Gasteiger charge is 2.14. The number of rotatable bonds is 6. The fourth-order valence-corrected chi connectivity index (χ4v) is 2.49. The van der Waals surface area contributed by atoms with E-state index in [9.17, 15) is 20.0 Å². The van der Waals surface area contributed by atoms with Gasteiger partial charge in [-0.15, -0.1) is 0 Å². The fraction of sp³-hybridized carbons (Fsp3) is 0.0526. The van der Waals surface area contributed by atoms with Gasteiger partial charge in [0, 0.05) is 11.6 Å². The number of benzene rings is 3. The van der Waals surface area contributed by atoms with Crippen LogP contribution in [0.4, 0.5) is 5.69 Å². The molecule has 3 aromatic rings. The van der Waals surface area contributed by atoms with E-state index >= 15 is 0 Å². The van der Waals surface area contributed by atoms with E-state index in [1.54, 1.807) is 18.2 Å². The van der Waals surface area contributed by atoms with Crippen molar-refractivity contribution < 1.29 is 19.6 Å². The minimum atomic E-state index is -0.593. The van der Waals surface area contributed by atoms with Gasteiger partial charge in [0.2, 0.25) is 0 Å². The van der Waals surface area contributed by atoms with Crippen molar-refractivity contribution in [2.45, 2.75) is 0 Å². The van der Waals surface area contributed by atoms with E-state index in [1.807, 2.05) is 24.3 Å². The largest absolute Gasteiger partial charge is 0.507 e. The highest BCUT2D eigenvalue weighted by Crippen LogP contribution is 2.26. The van der Waals surface area contributed by atoms with E-state index in [-0.39, 0.29) is 17.2 Å². The molecule has 0 saturated carbocycles. The van der Waals surface area contributed by atoms with Crippen LogP contribution in [0.1, 0.15) is 5.56 Å². The number of para-hydroxylation sites is 2. The molecule has 8 nitrogen and oxygen atoms in total. The van der Waals surface area contributed by atoms with E-state index in [0.29, 0.717) is 5.56 Å². The molecule has 0 heterocycles. The third-order valence-corrected chi connectivity index (χ3v) is 3.75. The molecule has 0 aliphatic carbocycles. The highest BCUT2D eigenvalue weighted by atomic mass is 16.6. The number of nitrogens with zero attached hydrogens (tertiary/aromatic N) is 2. The van der Waals surface area contributed by atoms with E-state index < -0.39 is 17.4 Å². The molecular weight excluding hydrogens is 350 g/mol. The van der Waals surface area contributed by atoms with Gasteiger partial charge in [0.1, 0.15) is 5.75 Å². The third-order valence-electron chi connectivity index (χ3n) is 3.75. The van der Waals surface area contributed by atoms with E-state index in [2.05, 4.69) is 10.5 Å². The number of hydrogen-bond acceptors (Lipinski definition) is 6. The first-order chi connectivity index (χ1) is 13.1. The molecule has 0 atom stereocenters. The van der Waals surface area contributed by atoms with Crippen molar-refractivity contribution in [2.75, 3.05) is 6.61 Å². The number of ether oxygens (including phenoxy) is 1. The first-order valence-corrected chi connectivity index (χ1v) is 7.95. The van der Waals surface area contributed by atoms with Gasteiger partial charge in [-0.1, -0.05) is 42.5 Å². The van der Waals surface area contributed by atoms with Crippen LogP contribution in [0.5, 0.6) is 11.5 Å². The minimum Gasteiger partial charge on any atom is -0.507 e. The number of nitrogens with one attached hydrogen (secondary N) is 1. The summed E-state index contributed by atoms with van der Waals surface area (Å²) >= 11 is 0. The monoisotopic (exact) mass is 365 g/mol. The Hall–Kier alpha value is -3.94. The Kier molecular flexibility index (Phi) is 5.27. The number of nitro benzene ring substituents is 1. The van der Waals surface area contributed by atoms with Crippen LogP contribution in [-0.4, -0.2) is 28.8 Å². The Labute approximate surface area is 153 Å². The third kappa shape index (κ3) is 4.18. The maximum Gasteiger partial charge on any atom is 0.310 e. The first-order valence-electron chi connectivity index (χ1n) is 7.95. The smallest absolute Gasteiger partial charge is 0.310 e. The summed E-state index contributed by atoms with van der Waals surface area (Å²) < 4.78 is 5.18. The van der Waals surface area contributed by atoms with Gasteiger partial charge in [-0.2, -0.15) is 5.10 Å². The quantitative estimate of drug-likeness (QED) is 0.396. The number of phenolic OH excluding ortho intramolecular Hbond substituents is 1. The molecular formula is C19H15N3O5. The number of carbonyl (C=O) groups is 1. The highest BCUT2D eigenvalue weighted by molar-refractivity contribution is 6.02. The van der Waals surface area contributed by atoms with Gasteiger partial charge < -0.3 is 9.84 Å². The Morgan fingerprint density at radius 1 is 1.15 bits per heavy atom. The molecule has 0 aliphatic heterocycles. The van der Waals surface area contributed by atoms with Crippen molar-refractivity contribution >= 4 is 28.6 Å². The first kappa shape index (κ1) is 17.9. The van der Waals surface area contributed by atoms with Gasteiger partial charge in [-0.25, -0.2) is 5.43 Å².